The van der Waals surface area contributed by atoms with E-state index in [1.807, 2.05) is 19.1 Å². The van der Waals surface area contributed by atoms with E-state index in [1.54, 1.807) is 67.4 Å². The first-order valence-corrected chi connectivity index (χ1v) is 13.5. The highest BCUT2D eigenvalue weighted by Crippen LogP contribution is 2.30. The molecule has 1 N–H and O–H groups in total. The fourth-order valence-corrected chi connectivity index (χ4v) is 5.67. The van der Waals surface area contributed by atoms with Crippen LogP contribution in [0.4, 0.5) is 5.69 Å². The molecule has 1 aromatic heterocycles. The number of benzene rings is 2. The number of halogens is 1. The molecule has 3 aromatic rings. The van der Waals surface area contributed by atoms with Gasteiger partial charge in [-0.2, -0.15) is 11.8 Å². The maximum atomic E-state index is 13.5. The van der Waals surface area contributed by atoms with Crippen molar-refractivity contribution in [2.24, 2.45) is 0 Å². The predicted molar refractivity (Wildman–Crippen MR) is 134 cm³/mol. The molecule has 0 aliphatic carbocycles. The number of thioether (sulfide) groups is 1. The predicted octanol–water partition coefficient (Wildman–Crippen LogP) is 5.18. The van der Waals surface area contributed by atoms with Crippen LogP contribution in [-0.2, 0) is 20.6 Å². The average Bonchev–Trinajstić information content (AvgIpc) is 3.30. The number of furan rings is 1. The van der Waals surface area contributed by atoms with Gasteiger partial charge in [0.1, 0.15) is 12.3 Å². The standard InChI is InChI=1S/C24H27ClN2O4S2/c1-18-9-11-21(12-10-18)33(29,30)27(23-8-3-7-22(25)19(23)2)16-24(28)26-13-5-15-32-17-20-6-4-14-31-20/h3-4,6-12,14H,5,13,15-17H2,1-2H3,(H,26,28). The van der Waals surface area contributed by atoms with Crippen molar-refractivity contribution in [2.75, 3.05) is 23.1 Å². The number of carbonyl (C=O) groups excluding carboxylic acids is 1. The highest BCUT2D eigenvalue weighted by atomic mass is 35.5. The van der Waals surface area contributed by atoms with Crippen molar-refractivity contribution in [3.05, 3.63) is 82.8 Å². The van der Waals surface area contributed by atoms with E-state index in [0.717, 1.165) is 33.6 Å². The summed E-state index contributed by atoms with van der Waals surface area (Å²) < 4.78 is 33.3. The zero-order valence-electron chi connectivity index (χ0n) is 18.6. The third kappa shape index (κ3) is 6.79. The van der Waals surface area contributed by atoms with E-state index in [1.165, 1.54) is 0 Å². The summed E-state index contributed by atoms with van der Waals surface area (Å²) in [6.45, 7) is 3.74. The topological polar surface area (TPSA) is 79.6 Å². The average molecular weight is 507 g/mol. The molecule has 1 amide bonds. The molecule has 1 heterocycles. The molecule has 0 aliphatic heterocycles. The molecule has 0 bridgehead atoms. The largest absolute Gasteiger partial charge is 0.468 e. The Bertz CT molecular complexity index is 1160. The summed E-state index contributed by atoms with van der Waals surface area (Å²) in [7, 11) is -3.97. The monoisotopic (exact) mass is 506 g/mol. The van der Waals surface area contributed by atoms with Crippen molar-refractivity contribution in [1.82, 2.24) is 5.32 Å². The number of hydrogen-bond donors (Lipinski definition) is 1. The SMILES string of the molecule is Cc1ccc(S(=O)(=O)N(CC(=O)NCCCSCc2ccco2)c2cccc(Cl)c2C)cc1. The Morgan fingerprint density at radius 1 is 1.09 bits per heavy atom. The van der Waals surface area contributed by atoms with E-state index < -0.39 is 10.0 Å². The van der Waals surface area contributed by atoms with Gasteiger partial charge in [0.05, 0.1) is 22.6 Å². The summed E-state index contributed by atoms with van der Waals surface area (Å²) in [6.07, 6.45) is 2.41. The van der Waals surface area contributed by atoms with Crippen molar-refractivity contribution < 1.29 is 17.6 Å². The lowest BCUT2D eigenvalue weighted by Gasteiger charge is -2.26. The van der Waals surface area contributed by atoms with Crippen LogP contribution in [-0.4, -0.2) is 33.2 Å². The molecule has 0 fully saturated rings. The third-order valence-corrected chi connectivity index (χ3v) is 8.27. The lowest BCUT2D eigenvalue weighted by molar-refractivity contribution is -0.119. The summed E-state index contributed by atoms with van der Waals surface area (Å²) in [4.78, 5) is 12.8. The van der Waals surface area contributed by atoms with E-state index in [9.17, 15) is 13.2 Å². The molecule has 2 aromatic carbocycles. The quantitative estimate of drug-likeness (QED) is 0.362. The zero-order valence-corrected chi connectivity index (χ0v) is 21.0. The van der Waals surface area contributed by atoms with Gasteiger partial charge in [0.2, 0.25) is 5.91 Å². The fourth-order valence-electron chi connectivity index (χ4n) is 3.16. The molecule has 9 heteroatoms. The minimum atomic E-state index is -3.97. The molecule has 0 saturated carbocycles. The number of sulfonamides is 1. The van der Waals surface area contributed by atoms with Gasteiger partial charge >= 0.3 is 0 Å². The number of nitrogens with one attached hydrogen (secondary N) is 1. The molecule has 0 aliphatic rings. The van der Waals surface area contributed by atoms with Gasteiger partial charge in [0.15, 0.2) is 0 Å². The molecule has 6 nitrogen and oxygen atoms in total. The van der Waals surface area contributed by atoms with Gasteiger partial charge in [-0.15, -0.1) is 0 Å². The first kappa shape index (κ1) is 25.2. The van der Waals surface area contributed by atoms with Crippen LogP contribution in [0.25, 0.3) is 0 Å². The highest BCUT2D eigenvalue weighted by Gasteiger charge is 2.28. The van der Waals surface area contributed by atoms with Crippen molar-refractivity contribution in [2.45, 2.75) is 30.9 Å². The second-order valence-electron chi connectivity index (χ2n) is 7.54. The fraction of sp³-hybridized carbons (Fsp3) is 0.292. The Kier molecular flexibility index (Phi) is 8.88. The molecular formula is C24H27ClN2O4S2. The normalized spacial score (nSPS) is 11.4. The van der Waals surface area contributed by atoms with Gasteiger partial charge in [0, 0.05) is 11.6 Å². The number of nitrogens with zero attached hydrogens (tertiary/aromatic N) is 1. The maximum absolute atomic E-state index is 13.5. The summed E-state index contributed by atoms with van der Waals surface area (Å²) in [6, 6.07) is 15.4. The lowest BCUT2D eigenvalue weighted by atomic mass is 10.2. The number of amides is 1. The Hall–Kier alpha value is -2.42. The molecule has 3 rings (SSSR count). The minimum absolute atomic E-state index is 0.120. The van der Waals surface area contributed by atoms with Gasteiger partial charge in [-0.3, -0.25) is 9.10 Å². The van der Waals surface area contributed by atoms with Gasteiger partial charge < -0.3 is 9.73 Å². The van der Waals surface area contributed by atoms with Crippen molar-refractivity contribution in [3.8, 4) is 0 Å². The summed E-state index contributed by atoms with van der Waals surface area (Å²) in [5.41, 5.74) is 1.92. The molecule has 0 atom stereocenters. The van der Waals surface area contributed by atoms with Gasteiger partial charge in [-0.25, -0.2) is 8.42 Å². The third-order valence-electron chi connectivity index (χ3n) is 5.02. The molecule has 0 spiro atoms. The van der Waals surface area contributed by atoms with E-state index in [4.69, 9.17) is 16.0 Å². The van der Waals surface area contributed by atoms with Crippen LogP contribution in [0.5, 0.6) is 0 Å². The van der Waals surface area contributed by atoms with Crippen LogP contribution >= 0.6 is 23.4 Å². The Labute approximate surface area is 204 Å². The number of rotatable bonds is 11. The number of hydrogen-bond acceptors (Lipinski definition) is 5. The summed E-state index contributed by atoms with van der Waals surface area (Å²) >= 11 is 7.96. The minimum Gasteiger partial charge on any atom is -0.468 e. The number of carbonyl (C=O) groups is 1. The van der Waals surface area contributed by atoms with Crippen LogP contribution in [0, 0.1) is 13.8 Å². The first-order valence-electron chi connectivity index (χ1n) is 10.5. The Morgan fingerprint density at radius 3 is 2.55 bits per heavy atom. The molecular weight excluding hydrogens is 480 g/mol. The van der Waals surface area contributed by atoms with E-state index in [-0.39, 0.29) is 17.3 Å². The van der Waals surface area contributed by atoms with E-state index in [2.05, 4.69) is 5.32 Å². The lowest BCUT2D eigenvalue weighted by Crippen LogP contribution is -2.41. The van der Waals surface area contributed by atoms with Crippen molar-refractivity contribution >= 4 is 45.0 Å². The van der Waals surface area contributed by atoms with Crippen molar-refractivity contribution in [3.63, 3.8) is 0 Å². The number of aryl methyl sites for hydroxylation is 1. The molecule has 0 unspecified atom stereocenters. The van der Waals surface area contributed by atoms with Crippen LogP contribution in [0.2, 0.25) is 5.02 Å². The maximum Gasteiger partial charge on any atom is 0.264 e. The van der Waals surface area contributed by atoms with E-state index in [0.29, 0.717) is 22.8 Å². The van der Waals surface area contributed by atoms with Gasteiger partial charge in [-0.05, 0) is 68.0 Å². The smallest absolute Gasteiger partial charge is 0.264 e. The van der Waals surface area contributed by atoms with Gasteiger partial charge in [-0.1, -0.05) is 35.4 Å². The van der Waals surface area contributed by atoms with Crippen LogP contribution < -0.4 is 9.62 Å². The zero-order chi connectivity index (χ0) is 23.8. The molecule has 0 saturated heterocycles. The van der Waals surface area contributed by atoms with Crippen LogP contribution in [0.15, 0.2) is 70.2 Å². The molecule has 33 heavy (non-hydrogen) atoms. The second kappa shape index (κ2) is 11.6. The molecule has 0 radical (unpaired) electrons. The van der Waals surface area contributed by atoms with Gasteiger partial charge in [0.25, 0.3) is 10.0 Å². The van der Waals surface area contributed by atoms with Crippen LogP contribution in [0.1, 0.15) is 23.3 Å². The highest BCUT2D eigenvalue weighted by molar-refractivity contribution is 7.98. The van der Waals surface area contributed by atoms with E-state index >= 15 is 0 Å². The second-order valence-corrected chi connectivity index (χ2v) is 10.9. The summed E-state index contributed by atoms with van der Waals surface area (Å²) in [5, 5.41) is 3.26. The van der Waals surface area contributed by atoms with Crippen LogP contribution in [0.3, 0.4) is 0 Å². The molecule has 176 valence electrons. The van der Waals surface area contributed by atoms with Crippen molar-refractivity contribution in [1.29, 1.82) is 0 Å². The Morgan fingerprint density at radius 2 is 1.85 bits per heavy atom. The number of anilines is 1. The Balaban J connectivity index is 1.67. The summed E-state index contributed by atoms with van der Waals surface area (Å²) in [5.74, 6) is 2.16. The first-order chi connectivity index (χ1) is 15.8.